The van der Waals surface area contributed by atoms with Gasteiger partial charge in [-0.1, -0.05) is 6.07 Å². The maximum absolute atomic E-state index is 13.2. The number of benzene rings is 2. The number of carbonyl (C=O) groups is 1. The number of hydrogen-bond donors (Lipinski definition) is 0. The van der Waals surface area contributed by atoms with Gasteiger partial charge in [-0.15, -0.1) is 11.3 Å². The Morgan fingerprint density at radius 1 is 1.06 bits per heavy atom. The second-order valence-corrected chi connectivity index (χ2v) is 8.65. The van der Waals surface area contributed by atoms with E-state index in [-0.39, 0.29) is 11.5 Å². The molecule has 3 aromatic rings. The first-order valence-electron chi connectivity index (χ1n) is 10.4. The summed E-state index contributed by atoms with van der Waals surface area (Å²) in [6.45, 7) is 1.90. The number of Topliss-reactive ketones (excluding diaryl/α,β-unsaturated/α-hetero) is 1. The van der Waals surface area contributed by atoms with Gasteiger partial charge in [-0.05, 0) is 41.8 Å². The molecule has 0 spiro atoms. The number of allylic oxidation sites excluding steroid dienone is 1. The second kappa shape index (κ2) is 8.80. The van der Waals surface area contributed by atoms with Crippen molar-refractivity contribution in [3.63, 3.8) is 0 Å². The van der Waals surface area contributed by atoms with Crippen molar-refractivity contribution in [2.45, 2.75) is 13.1 Å². The Morgan fingerprint density at radius 2 is 1.91 bits per heavy atom. The summed E-state index contributed by atoms with van der Waals surface area (Å²) in [5.74, 6) is 2.79. The molecule has 0 N–H and O–H groups in total. The fourth-order valence-corrected chi connectivity index (χ4v) is 4.85. The van der Waals surface area contributed by atoms with Gasteiger partial charge in [-0.25, -0.2) is 0 Å². The van der Waals surface area contributed by atoms with Crippen molar-refractivity contribution in [1.29, 1.82) is 0 Å². The monoisotopic (exact) mass is 465 g/mol. The molecule has 0 atom stereocenters. The molecule has 2 aromatic carbocycles. The summed E-state index contributed by atoms with van der Waals surface area (Å²) in [7, 11) is 4.64. The fraction of sp³-hybridized carbons (Fsp3) is 0.240. The molecular weight excluding hydrogens is 442 g/mol. The lowest BCUT2D eigenvalue weighted by atomic mass is 10.0. The van der Waals surface area contributed by atoms with E-state index >= 15 is 0 Å². The number of nitrogens with zero attached hydrogens (tertiary/aromatic N) is 1. The van der Waals surface area contributed by atoms with Gasteiger partial charge in [0.25, 0.3) is 0 Å². The van der Waals surface area contributed by atoms with E-state index < -0.39 is 0 Å². The van der Waals surface area contributed by atoms with Crippen LogP contribution >= 0.6 is 11.3 Å². The molecule has 0 fully saturated rings. The first-order valence-corrected chi connectivity index (χ1v) is 11.3. The van der Waals surface area contributed by atoms with Gasteiger partial charge in [-0.3, -0.25) is 9.69 Å². The van der Waals surface area contributed by atoms with Crippen LogP contribution in [-0.2, 0) is 13.1 Å². The number of rotatable bonds is 6. The molecule has 3 heterocycles. The lowest BCUT2D eigenvalue weighted by Gasteiger charge is -2.29. The van der Waals surface area contributed by atoms with Gasteiger partial charge in [0.15, 0.2) is 17.3 Å². The zero-order valence-electron chi connectivity index (χ0n) is 18.5. The highest BCUT2D eigenvalue weighted by molar-refractivity contribution is 7.09. The molecule has 0 aliphatic carbocycles. The third-order valence-corrected chi connectivity index (χ3v) is 6.52. The minimum atomic E-state index is -0.181. The lowest BCUT2D eigenvalue weighted by Crippen LogP contribution is -2.31. The van der Waals surface area contributed by atoms with E-state index in [9.17, 15) is 4.79 Å². The normalized spacial score (nSPS) is 16.1. The molecule has 0 bridgehead atoms. The smallest absolute Gasteiger partial charge is 0.231 e. The van der Waals surface area contributed by atoms with E-state index in [0.717, 1.165) is 17.9 Å². The van der Waals surface area contributed by atoms with Crippen molar-refractivity contribution in [3.8, 4) is 28.7 Å². The van der Waals surface area contributed by atoms with Crippen LogP contribution in [-0.4, -0.2) is 38.7 Å². The summed E-state index contributed by atoms with van der Waals surface area (Å²) in [4.78, 5) is 16.6. The van der Waals surface area contributed by atoms with E-state index in [4.69, 9.17) is 23.7 Å². The van der Waals surface area contributed by atoms with Gasteiger partial charge in [0.2, 0.25) is 11.5 Å². The molecule has 5 rings (SSSR count). The Hall–Kier alpha value is -3.49. The molecule has 0 saturated carbocycles. The highest BCUT2D eigenvalue weighted by atomic mass is 32.1. The van der Waals surface area contributed by atoms with Crippen molar-refractivity contribution < 1.29 is 28.5 Å². The minimum absolute atomic E-state index is 0.181. The Morgan fingerprint density at radius 3 is 2.64 bits per heavy atom. The van der Waals surface area contributed by atoms with Crippen molar-refractivity contribution >= 4 is 23.2 Å². The summed E-state index contributed by atoms with van der Waals surface area (Å²) >= 11 is 1.71. The molecule has 1 aromatic heterocycles. The number of ether oxygens (including phenoxy) is 5. The van der Waals surface area contributed by atoms with E-state index in [1.54, 1.807) is 56.9 Å². The Kier molecular flexibility index (Phi) is 5.70. The van der Waals surface area contributed by atoms with Gasteiger partial charge in [-0.2, -0.15) is 0 Å². The van der Waals surface area contributed by atoms with Crippen molar-refractivity contribution in [3.05, 3.63) is 69.1 Å². The molecule has 8 heteroatoms. The van der Waals surface area contributed by atoms with Crippen molar-refractivity contribution in [2.75, 3.05) is 28.1 Å². The van der Waals surface area contributed by atoms with Crippen LogP contribution in [0.25, 0.3) is 6.08 Å². The van der Waals surface area contributed by atoms with Crippen LogP contribution in [0.5, 0.6) is 28.7 Å². The SMILES string of the molecule is COc1ccc(/C=C2\Oc3c(ccc4c3CN(Cc3cccs3)CO4)C2=O)c(OC)c1OC. The first-order chi connectivity index (χ1) is 16.1. The molecule has 7 nitrogen and oxygen atoms in total. The molecule has 0 saturated heterocycles. The van der Waals surface area contributed by atoms with Crippen LogP contribution in [0.4, 0.5) is 0 Å². The van der Waals surface area contributed by atoms with Crippen LogP contribution in [0.3, 0.4) is 0 Å². The number of ketones is 1. The summed E-state index contributed by atoms with van der Waals surface area (Å²) in [5.41, 5.74) is 2.06. The van der Waals surface area contributed by atoms with Crippen LogP contribution in [0.1, 0.15) is 26.4 Å². The highest BCUT2D eigenvalue weighted by Crippen LogP contribution is 2.44. The van der Waals surface area contributed by atoms with Gasteiger partial charge in [0.05, 0.1) is 32.5 Å². The van der Waals surface area contributed by atoms with Crippen molar-refractivity contribution in [2.24, 2.45) is 0 Å². The van der Waals surface area contributed by atoms with Crippen LogP contribution in [0, 0.1) is 0 Å². The van der Waals surface area contributed by atoms with Gasteiger partial charge >= 0.3 is 0 Å². The summed E-state index contributed by atoms with van der Waals surface area (Å²) in [5, 5.41) is 2.06. The van der Waals surface area contributed by atoms with Gasteiger partial charge < -0.3 is 23.7 Å². The largest absolute Gasteiger partial charge is 0.493 e. The summed E-state index contributed by atoms with van der Waals surface area (Å²) < 4.78 is 28.4. The van der Waals surface area contributed by atoms with E-state index in [0.29, 0.717) is 47.4 Å². The maximum atomic E-state index is 13.2. The van der Waals surface area contributed by atoms with Crippen LogP contribution in [0.15, 0.2) is 47.5 Å². The minimum Gasteiger partial charge on any atom is -0.493 e. The van der Waals surface area contributed by atoms with E-state index in [1.165, 1.54) is 4.88 Å². The number of carbonyl (C=O) groups excluding carboxylic acids is 1. The number of hydrogen-bond acceptors (Lipinski definition) is 8. The third kappa shape index (κ3) is 3.81. The third-order valence-electron chi connectivity index (χ3n) is 5.66. The summed E-state index contributed by atoms with van der Waals surface area (Å²) in [6, 6.07) is 11.3. The van der Waals surface area contributed by atoms with Gasteiger partial charge in [0.1, 0.15) is 18.2 Å². The predicted octanol–water partition coefficient (Wildman–Crippen LogP) is 4.74. The number of methoxy groups -OCH3 is 3. The molecule has 2 aliphatic heterocycles. The van der Waals surface area contributed by atoms with E-state index in [1.807, 2.05) is 12.1 Å². The Balaban J connectivity index is 1.47. The van der Waals surface area contributed by atoms with Crippen LogP contribution < -0.4 is 23.7 Å². The average Bonchev–Trinajstić information content (AvgIpc) is 3.46. The molecule has 170 valence electrons. The summed E-state index contributed by atoms with van der Waals surface area (Å²) in [6.07, 6.45) is 1.67. The number of fused-ring (bicyclic) bond motifs is 3. The van der Waals surface area contributed by atoms with Crippen LogP contribution in [0.2, 0.25) is 0 Å². The molecule has 0 amide bonds. The zero-order valence-corrected chi connectivity index (χ0v) is 19.4. The first kappa shape index (κ1) is 21.4. The average molecular weight is 466 g/mol. The standard InChI is InChI=1S/C25H23NO6S/c1-28-20-8-6-15(23(29-2)25(20)30-3)11-21-22(27)17-7-9-19-18(24(17)32-21)13-26(14-31-19)12-16-5-4-10-33-16/h4-11H,12-14H2,1-3H3/b21-11-. The zero-order chi connectivity index (χ0) is 22.9. The number of thiophene rings is 1. The molecule has 0 unspecified atom stereocenters. The maximum Gasteiger partial charge on any atom is 0.231 e. The predicted molar refractivity (Wildman–Crippen MR) is 125 cm³/mol. The molecule has 33 heavy (non-hydrogen) atoms. The Labute approximate surface area is 195 Å². The van der Waals surface area contributed by atoms with E-state index in [2.05, 4.69) is 16.3 Å². The lowest BCUT2D eigenvalue weighted by molar-refractivity contribution is 0.0882. The highest BCUT2D eigenvalue weighted by Gasteiger charge is 2.34. The van der Waals surface area contributed by atoms with Crippen molar-refractivity contribution in [1.82, 2.24) is 4.90 Å². The molecular formula is C25H23NO6S. The molecule has 0 radical (unpaired) electrons. The topological polar surface area (TPSA) is 66.5 Å². The quantitative estimate of drug-likeness (QED) is 0.487. The van der Waals surface area contributed by atoms with Gasteiger partial charge in [0, 0.05) is 23.5 Å². The Bertz CT molecular complexity index is 1230. The second-order valence-electron chi connectivity index (χ2n) is 7.62. The molecule has 2 aliphatic rings. The fourth-order valence-electron chi connectivity index (χ4n) is 4.11.